The van der Waals surface area contributed by atoms with Crippen molar-refractivity contribution in [2.75, 3.05) is 23.0 Å². The van der Waals surface area contributed by atoms with Crippen LogP contribution in [0.2, 0.25) is 5.02 Å². The molecule has 2 fully saturated rings. The highest BCUT2D eigenvalue weighted by Gasteiger charge is 2.50. The Hall–Kier alpha value is -2.24. The molecule has 12 heteroatoms. The normalized spacial score (nSPS) is 23.4. The van der Waals surface area contributed by atoms with Gasteiger partial charge in [0.1, 0.15) is 5.75 Å². The van der Waals surface area contributed by atoms with Gasteiger partial charge in [-0.05, 0) is 30.3 Å². The number of carbonyl (C=O) groups is 1. The fourth-order valence-corrected chi connectivity index (χ4v) is 7.65. The first kappa shape index (κ1) is 22.9. The summed E-state index contributed by atoms with van der Waals surface area (Å²) < 4.78 is 69.5. The number of alkyl halides is 3. The molecule has 1 amide bonds. The molecule has 170 valence electrons. The fourth-order valence-electron chi connectivity index (χ4n) is 3.52. The summed E-state index contributed by atoms with van der Waals surface area (Å²) in [5, 5.41) is -0.394. The summed E-state index contributed by atoms with van der Waals surface area (Å²) in [7, 11) is -3.39. The van der Waals surface area contributed by atoms with E-state index in [4.69, 9.17) is 16.3 Å². The topological polar surface area (TPSA) is 76.0 Å². The summed E-state index contributed by atoms with van der Waals surface area (Å²) in [6.07, 6.45) is -4.62. The van der Waals surface area contributed by atoms with Crippen molar-refractivity contribution in [1.82, 2.24) is 0 Å². The van der Waals surface area contributed by atoms with Gasteiger partial charge in [-0.1, -0.05) is 41.6 Å². The van der Waals surface area contributed by atoms with E-state index in [9.17, 15) is 26.4 Å². The smallest absolute Gasteiger partial charge is 0.416 e. The van der Waals surface area contributed by atoms with E-state index in [0.717, 1.165) is 30.0 Å². The summed E-state index contributed by atoms with van der Waals surface area (Å²) in [4.78, 5) is 17.8. The number of halogens is 4. The molecule has 0 spiro atoms. The van der Waals surface area contributed by atoms with Crippen LogP contribution < -0.4 is 9.64 Å². The number of hydrogen-bond acceptors (Lipinski definition) is 5. The van der Waals surface area contributed by atoms with E-state index in [-0.39, 0.29) is 34.0 Å². The number of amides is 1. The summed E-state index contributed by atoms with van der Waals surface area (Å²) in [6, 6.07) is 10.7. The maximum atomic E-state index is 13.3. The van der Waals surface area contributed by atoms with Crippen molar-refractivity contribution >= 4 is 50.0 Å². The van der Waals surface area contributed by atoms with Crippen LogP contribution in [0.5, 0.6) is 5.75 Å². The lowest BCUT2D eigenvalue weighted by Gasteiger charge is -2.26. The molecule has 2 atom stereocenters. The van der Waals surface area contributed by atoms with Crippen LogP contribution in [0.4, 0.5) is 18.9 Å². The summed E-state index contributed by atoms with van der Waals surface area (Å²) >= 11 is 7.24. The predicted molar refractivity (Wildman–Crippen MR) is 117 cm³/mol. The van der Waals surface area contributed by atoms with Crippen molar-refractivity contribution < 1.29 is 31.1 Å². The third-order valence-corrected chi connectivity index (χ3v) is 8.45. The van der Waals surface area contributed by atoms with Crippen LogP contribution >= 0.6 is 23.4 Å². The van der Waals surface area contributed by atoms with E-state index in [1.807, 2.05) is 0 Å². The Morgan fingerprint density at radius 1 is 1.19 bits per heavy atom. The first-order chi connectivity index (χ1) is 15.0. The van der Waals surface area contributed by atoms with E-state index in [2.05, 4.69) is 4.99 Å². The van der Waals surface area contributed by atoms with Crippen LogP contribution in [0.25, 0.3) is 0 Å². The molecule has 2 aromatic carbocycles. The van der Waals surface area contributed by atoms with Gasteiger partial charge in [-0.3, -0.25) is 4.79 Å². The van der Waals surface area contributed by atoms with E-state index in [0.29, 0.717) is 5.75 Å². The number of para-hydroxylation sites is 1. The van der Waals surface area contributed by atoms with Crippen LogP contribution in [0.15, 0.2) is 53.5 Å². The van der Waals surface area contributed by atoms with E-state index in [1.54, 1.807) is 30.3 Å². The number of benzene rings is 2. The molecule has 32 heavy (non-hydrogen) atoms. The molecule has 0 aliphatic carbocycles. The Morgan fingerprint density at radius 3 is 2.59 bits per heavy atom. The highest BCUT2D eigenvalue weighted by molar-refractivity contribution is 8.16. The molecule has 4 rings (SSSR count). The number of thioether (sulfide) groups is 1. The van der Waals surface area contributed by atoms with Crippen LogP contribution in [0.1, 0.15) is 5.56 Å². The van der Waals surface area contributed by atoms with Crippen molar-refractivity contribution in [1.29, 1.82) is 0 Å². The highest BCUT2D eigenvalue weighted by atomic mass is 35.5. The number of aliphatic imine (C=N–C) groups is 1. The number of hydrogen-bond donors (Lipinski definition) is 0. The Balaban J connectivity index is 1.66. The number of sulfone groups is 1. The van der Waals surface area contributed by atoms with Gasteiger partial charge in [0.2, 0.25) is 0 Å². The number of anilines is 1. The van der Waals surface area contributed by atoms with Crippen molar-refractivity contribution in [2.24, 2.45) is 4.99 Å². The lowest BCUT2D eigenvalue weighted by molar-refractivity contribution is -0.137. The average Bonchev–Trinajstić information content (AvgIpc) is 3.17. The number of carbonyl (C=O) groups excluding carboxylic acids is 1. The third-order valence-electron chi connectivity index (χ3n) is 4.93. The van der Waals surface area contributed by atoms with Crippen molar-refractivity contribution in [3.63, 3.8) is 0 Å². The second-order valence-electron chi connectivity index (χ2n) is 7.22. The van der Waals surface area contributed by atoms with Crippen molar-refractivity contribution in [2.45, 2.75) is 17.5 Å². The SMILES string of the molecule is O=C(COc1ccccc1)N=C1S[C@H]2CS(=O)(=O)C[C@@H]2N1c1cc(C(F)(F)F)ccc1Cl. The lowest BCUT2D eigenvalue weighted by atomic mass is 10.1. The largest absolute Gasteiger partial charge is 0.484 e. The van der Waals surface area contributed by atoms with Gasteiger partial charge >= 0.3 is 6.18 Å². The summed E-state index contributed by atoms with van der Waals surface area (Å²) in [5.41, 5.74) is -0.988. The molecular formula is C20H16ClF3N2O4S2. The van der Waals surface area contributed by atoms with Gasteiger partial charge < -0.3 is 9.64 Å². The molecule has 0 saturated carbocycles. The van der Waals surface area contributed by atoms with Gasteiger partial charge in [-0.25, -0.2) is 8.42 Å². The Morgan fingerprint density at radius 2 is 1.91 bits per heavy atom. The van der Waals surface area contributed by atoms with E-state index >= 15 is 0 Å². The molecule has 0 N–H and O–H groups in total. The van der Waals surface area contributed by atoms with Gasteiger partial charge in [-0.15, -0.1) is 0 Å². The second-order valence-corrected chi connectivity index (χ2v) is 11.0. The second kappa shape index (κ2) is 8.60. The zero-order chi connectivity index (χ0) is 23.1. The Labute approximate surface area is 191 Å². The summed E-state index contributed by atoms with van der Waals surface area (Å²) in [5.74, 6) is -0.637. The number of amidine groups is 1. The molecule has 2 aliphatic rings. The van der Waals surface area contributed by atoms with Crippen LogP contribution in [-0.2, 0) is 20.8 Å². The van der Waals surface area contributed by atoms with Gasteiger partial charge in [0.25, 0.3) is 5.91 Å². The van der Waals surface area contributed by atoms with Crippen molar-refractivity contribution in [3.05, 3.63) is 59.1 Å². The van der Waals surface area contributed by atoms with Crippen LogP contribution in [0.3, 0.4) is 0 Å². The standard InChI is InChI=1S/C20H16ClF3N2O4S2/c21-14-7-6-12(20(22,23)24)8-15(14)26-16-10-32(28,29)11-17(16)31-19(26)25-18(27)9-30-13-4-2-1-3-5-13/h1-8,16-17H,9-11H2/t16-,17-/m0/s1. The minimum absolute atomic E-state index is 0.00997. The molecule has 0 aromatic heterocycles. The maximum Gasteiger partial charge on any atom is 0.416 e. The molecule has 2 saturated heterocycles. The Kier molecular flexibility index (Phi) is 6.17. The van der Waals surface area contributed by atoms with Gasteiger partial charge in [0, 0.05) is 5.25 Å². The quantitative estimate of drug-likeness (QED) is 0.625. The van der Waals surface area contributed by atoms with Gasteiger partial charge in [0.05, 0.1) is 33.8 Å². The zero-order valence-electron chi connectivity index (χ0n) is 16.3. The van der Waals surface area contributed by atoms with E-state index in [1.165, 1.54) is 4.90 Å². The highest BCUT2D eigenvalue weighted by Crippen LogP contribution is 2.44. The zero-order valence-corrected chi connectivity index (χ0v) is 18.6. The van der Waals surface area contributed by atoms with Crippen LogP contribution in [0, 0.1) is 0 Å². The van der Waals surface area contributed by atoms with Crippen molar-refractivity contribution in [3.8, 4) is 5.75 Å². The molecule has 6 nitrogen and oxygen atoms in total. The maximum absolute atomic E-state index is 13.3. The first-order valence-electron chi connectivity index (χ1n) is 9.36. The molecule has 0 radical (unpaired) electrons. The predicted octanol–water partition coefficient (Wildman–Crippen LogP) is 4.04. The van der Waals surface area contributed by atoms with Crippen LogP contribution in [-0.4, -0.2) is 48.9 Å². The molecular weight excluding hydrogens is 489 g/mol. The van der Waals surface area contributed by atoms with E-state index < -0.39 is 38.8 Å². The number of fused-ring (bicyclic) bond motifs is 1. The fraction of sp³-hybridized carbons (Fsp3) is 0.300. The van der Waals surface area contributed by atoms with Gasteiger partial charge in [0.15, 0.2) is 21.6 Å². The number of rotatable bonds is 4. The average molecular weight is 505 g/mol. The number of ether oxygens (including phenoxy) is 1. The van der Waals surface area contributed by atoms with Gasteiger partial charge in [-0.2, -0.15) is 18.2 Å². The minimum atomic E-state index is -4.62. The molecule has 2 aliphatic heterocycles. The molecule has 2 aromatic rings. The molecule has 0 bridgehead atoms. The Bertz CT molecular complexity index is 1170. The third kappa shape index (κ3) is 4.89. The lowest BCUT2D eigenvalue weighted by Crippen LogP contribution is -2.38. The summed E-state index contributed by atoms with van der Waals surface area (Å²) in [6.45, 7) is -0.383. The first-order valence-corrected chi connectivity index (χ1v) is 12.4. The molecule has 2 heterocycles. The number of nitrogens with zero attached hydrogens (tertiary/aromatic N) is 2. The minimum Gasteiger partial charge on any atom is -0.484 e. The monoisotopic (exact) mass is 504 g/mol. The molecule has 0 unspecified atom stereocenters.